The first-order valence-corrected chi connectivity index (χ1v) is 10.9. The van der Waals surface area contributed by atoms with Crippen molar-refractivity contribution in [3.8, 4) is 0 Å². The van der Waals surface area contributed by atoms with Gasteiger partial charge in [-0.15, -0.1) is 0 Å². The molecule has 1 fully saturated rings. The fourth-order valence-corrected chi connectivity index (χ4v) is 4.57. The maximum Gasteiger partial charge on any atom is 0.236 e. The largest absolute Gasteiger partial charge is 0.303 e. The van der Waals surface area contributed by atoms with Crippen molar-refractivity contribution in [3.63, 3.8) is 0 Å². The van der Waals surface area contributed by atoms with E-state index >= 15 is 0 Å². The zero-order valence-corrected chi connectivity index (χ0v) is 16.7. The number of pyridine rings is 1. The molecule has 1 aromatic carbocycles. The summed E-state index contributed by atoms with van der Waals surface area (Å²) in [6.07, 6.45) is 5.57. The minimum Gasteiger partial charge on any atom is -0.303 e. The van der Waals surface area contributed by atoms with E-state index in [2.05, 4.69) is 14.3 Å². The molecule has 1 aliphatic rings. The summed E-state index contributed by atoms with van der Waals surface area (Å²) in [6, 6.07) is 13.7. The highest BCUT2D eigenvalue weighted by Gasteiger charge is 2.25. The highest BCUT2D eigenvalue weighted by Crippen LogP contribution is 2.15. The van der Waals surface area contributed by atoms with E-state index in [-0.39, 0.29) is 0 Å². The van der Waals surface area contributed by atoms with Crippen LogP contribution in [0.5, 0.6) is 0 Å². The number of rotatable bonds is 5. The zero-order chi connectivity index (χ0) is 19.6. The maximum absolute atomic E-state index is 12.6. The van der Waals surface area contributed by atoms with Crippen LogP contribution in [-0.4, -0.2) is 53.2 Å². The van der Waals surface area contributed by atoms with Gasteiger partial charge in [-0.3, -0.25) is 4.90 Å². The smallest absolute Gasteiger partial charge is 0.236 e. The zero-order valence-electron chi connectivity index (χ0n) is 15.9. The monoisotopic (exact) mass is 396 g/mol. The Balaban J connectivity index is 1.37. The predicted molar refractivity (Wildman–Crippen MR) is 111 cm³/mol. The van der Waals surface area contributed by atoms with Crippen LogP contribution in [0, 0.1) is 6.92 Å². The number of benzene rings is 1. The van der Waals surface area contributed by atoms with Gasteiger partial charge in [-0.2, -0.15) is 4.31 Å². The Hall–Kier alpha value is -2.48. The van der Waals surface area contributed by atoms with E-state index in [1.807, 2.05) is 61.8 Å². The molecule has 28 heavy (non-hydrogen) atoms. The van der Waals surface area contributed by atoms with Crippen LogP contribution in [-0.2, 0) is 16.6 Å². The normalized spacial score (nSPS) is 16.9. The number of nitrogens with zero attached hydrogens (tertiary/aromatic N) is 4. The Morgan fingerprint density at radius 1 is 1.04 bits per heavy atom. The lowest BCUT2D eigenvalue weighted by Crippen LogP contribution is -2.47. The van der Waals surface area contributed by atoms with E-state index in [0.29, 0.717) is 26.2 Å². The molecule has 1 aliphatic heterocycles. The molecular weight excluding hydrogens is 372 g/mol. The van der Waals surface area contributed by atoms with Crippen LogP contribution in [0.25, 0.3) is 11.7 Å². The Kier molecular flexibility index (Phi) is 5.30. The number of imidazole rings is 1. The topological polar surface area (TPSA) is 57.9 Å². The van der Waals surface area contributed by atoms with Crippen molar-refractivity contribution in [1.82, 2.24) is 18.6 Å². The van der Waals surface area contributed by atoms with Crippen molar-refractivity contribution < 1.29 is 8.42 Å². The second-order valence-corrected chi connectivity index (χ2v) is 8.93. The van der Waals surface area contributed by atoms with E-state index in [0.717, 1.165) is 29.0 Å². The van der Waals surface area contributed by atoms with Crippen LogP contribution in [0.1, 0.15) is 16.8 Å². The fourth-order valence-electron chi connectivity index (χ4n) is 3.40. The molecule has 0 aliphatic carbocycles. The molecule has 7 heteroatoms. The first-order valence-electron chi connectivity index (χ1n) is 9.39. The van der Waals surface area contributed by atoms with Crippen molar-refractivity contribution >= 4 is 21.7 Å². The number of fused-ring (bicyclic) bond motifs is 1. The maximum atomic E-state index is 12.6. The fraction of sp³-hybridized carbons (Fsp3) is 0.286. The number of aryl methyl sites for hydroxylation is 1. The number of aromatic nitrogens is 2. The molecule has 0 saturated carbocycles. The minimum atomic E-state index is -3.40. The van der Waals surface area contributed by atoms with Crippen molar-refractivity contribution in [3.05, 3.63) is 77.1 Å². The Labute approximate surface area is 165 Å². The second-order valence-electron chi connectivity index (χ2n) is 7.11. The predicted octanol–water partition coefficient (Wildman–Crippen LogP) is 2.76. The Morgan fingerprint density at radius 2 is 1.79 bits per heavy atom. The molecule has 0 N–H and O–H groups in total. The number of hydrogen-bond donors (Lipinski definition) is 0. The van der Waals surface area contributed by atoms with Crippen LogP contribution in [0.4, 0.5) is 0 Å². The molecule has 3 aromatic rings. The summed E-state index contributed by atoms with van der Waals surface area (Å²) in [5.74, 6) is 0. The second kappa shape index (κ2) is 7.87. The van der Waals surface area contributed by atoms with E-state index in [9.17, 15) is 8.42 Å². The van der Waals surface area contributed by atoms with E-state index in [1.54, 1.807) is 10.4 Å². The van der Waals surface area contributed by atoms with Gasteiger partial charge in [0.15, 0.2) is 0 Å². The van der Waals surface area contributed by atoms with Crippen LogP contribution in [0.2, 0.25) is 0 Å². The molecule has 0 unspecified atom stereocenters. The summed E-state index contributed by atoms with van der Waals surface area (Å²) < 4.78 is 28.9. The van der Waals surface area contributed by atoms with E-state index in [1.165, 1.54) is 5.41 Å². The van der Waals surface area contributed by atoms with Crippen molar-refractivity contribution in [1.29, 1.82) is 0 Å². The van der Waals surface area contributed by atoms with Gasteiger partial charge in [-0.1, -0.05) is 35.9 Å². The van der Waals surface area contributed by atoms with Gasteiger partial charge in [0.05, 0.1) is 11.9 Å². The van der Waals surface area contributed by atoms with Gasteiger partial charge in [0.2, 0.25) is 10.0 Å². The third-order valence-electron chi connectivity index (χ3n) is 5.08. The van der Waals surface area contributed by atoms with Crippen molar-refractivity contribution in [2.75, 3.05) is 26.2 Å². The lowest BCUT2D eigenvalue weighted by Gasteiger charge is -2.33. The number of sulfonamides is 1. The van der Waals surface area contributed by atoms with Crippen molar-refractivity contribution in [2.24, 2.45) is 0 Å². The molecule has 0 radical (unpaired) electrons. The SMILES string of the molecule is Cc1ccc(/C=C/S(=O)(=O)N2CCN(Cc3cnc4ccccn34)CC2)cc1. The molecule has 0 atom stereocenters. The summed E-state index contributed by atoms with van der Waals surface area (Å²) in [4.78, 5) is 6.69. The molecule has 0 spiro atoms. The standard InChI is InChI=1S/C21H24N4O2S/c1-18-5-7-19(8-6-18)9-15-28(26,27)24-13-11-23(12-14-24)17-20-16-22-21-4-2-3-10-25(20)21/h2-10,15-16H,11-14,17H2,1H3/b15-9+. The minimum absolute atomic E-state index is 0.497. The van der Waals surface area contributed by atoms with Crippen molar-refractivity contribution in [2.45, 2.75) is 13.5 Å². The highest BCUT2D eigenvalue weighted by atomic mass is 32.2. The third kappa shape index (κ3) is 4.16. The van der Waals surface area contributed by atoms with Crippen LogP contribution in [0.15, 0.2) is 60.3 Å². The van der Waals surface area contributed by atoms with Gasteiger partial charge in [-0.25, -0.2) is 13.4 Å². The molecule has 4 rings (SSSR count). The highest BCUT2D eigenvalue weighted by molar-refractivity contribution is 7.92. The summed E-state index contributed by atoms with van der Waals surface area (Å²) in [5.41, 5.74) is 4.09. The molecule has 146 valence electrons. The molecule has 0 amide bonds. The summed E-state index contributed by atoms with van der Waals surface area (Å²) in [7, 11) is -3.40. The summed E-state index contributed by atoms with van der Waals surface area (Å²) in [5, 5.41) is 1.32. The molecule has 1 saturated heterocycles. The Bertz CT molecular complexity index is 1080. The van der Waals surface area contributed by atoms with Crippen LogP contribution < -0.4 is 0 Å². The average molecular weight is 397 g/mol. The van der Waals surface area contributed by atoms with Crippen LogP contribution >= 0.6 is 0 Å². The van der Waals surface area contributed by atoms with Gasteiger partial charge < -0.3 is 4.40 Å². The summed E-state index contributed by atoms with van der Waals surface area (Å²) in [6.45, 7) is 5.18. The molecular formula is C21H24N4O2S. The average Bonchev–Trinajstić information content (AvgIpc) is 3.11. The molecule has 2 aromatic heterocycles. The van der Waals surface area contributed by atoms with Crippen LogP contribution in [0.3, 0.4) is 0 Å². The lowest BCUT2D eigenvalue weighted by atomic mass is 10.2. The first kappa shape index (κ1) is 18.9. The summed E-state index contributed by atoms with van der Waals surface area (Å²) >= 11 is 0. The van der Waals surface area contributed by atoms with Gasteiger partial charge in [0.1, 0.15) is 5.65 Å². The van der Waals surface area contributed by atoms with Gasteiger partial charge in [0, 0.05) is 44.3 Å². The third-order valence-corrected chi connectivity index (χ3v) is 6.65. The van der Waals surface area contributed by atoms with E-state index in [4.69, 9.17) is 0 Å². The molecule has 3 heterocycles. The van der Waals surface area contributed by atoms with Gasteiger partial charge >= 0.3 is 0 Å². The first-order chi connectivity index (χ1) is 13.5. The quantitative estimate of drug-likeness (QED) is 0.665. The molecule has 0 bridgehead atoms. The van der Waals surface area contributed by atoms with Gasteiger partial charge in [0.25, 0.3) is 0 Å². The molecule has 6 nitrogen and oxygen atoms in total. The number of piperazine rings is 1. The van der Waals surface area contributed by atoms with Gasteiger partial charge in [-0.05, 0) is 30.7 Å². The lowest BCUT2D eigenvalue weighted by molar-refractivity contribution is 0.180. The Morgan fingerprint density at radius 3 is 2.54 bits per heavy atom. The van der Waals surface area contributed by atoms with E-state index < -0.39 is 10.0 Å². The number of hydrogen-bond acceptors (Lipinski definition) is 4.